The predicted molar refractivity (Wildman–Crippen MR) is 46.9 cm³/mol. The molecule has 0 amide bonds. The summed E-state index contributed by atoms with van der Waals surface area (Å²) in [6, 6.07) is 0. The fourth-order valence-electron chi connectivity index (χ4n) is 1.11. The third kappa shape index (κ3) is 2.64. The monoisotopic (exact) mass is 172 g/mol. The highest BCUT2D eigenvalue weighted by Gasteiger charge is 2.33. The standard InChI is InChI=1S/C8H16N2O2/c1-3-5-8(9,6-4-2)7(11)12-10/h3H,1,4-6,9-10H2,2H3. The van der Waals surface area contributed by atoms with E-state index in [2.05, 4.69) is 11.4 Å². The zero-order valence-corrected chi connectivity index (χ0v) is 7.38. The Labute approximate surface area is 72.5 Å². The molecule has 4 heteroatoms. The van der Waals surface area contributed by atoms with Crippen LogP contribution < -0.4 is 11.6 Å². The molecule has 4 nitrogen and oxygen atoms in total. The van der Waals surface area contributed by atoms with Crippen molar-refractivity contribution in [3.8, 4) is 0 Å². The number of rotatable bonds is 5. The van der Waals surface area contributed by atoms with Gasteiger partial charge in [-0.1, -0.05) is 19.4 Å². The molecule has 0 aliphatic heterocycles. The lowest BCUT2D eigenvalue weighted by Crippen LogP contribution is -2.49. The molecule has 0 saturated carbocycles. The van der Waals surface area contributed by atoms with Crippen molar-refractivity contribution in [1.82, 2.24) is 0 Å². The minimum atomic E-state index is -0.995. The van der Waals surface area contributed by atoms with Gasteiger partial charge >= 0.3 is 5.97 Å². The highest BCUT2D eigenvalue weighted by atomic mass is 16.7. The first-order chi connectivity index (χ1) is 5.60. The second kappa shape index (κ2) is 4.90. The van der Waals surface area contributed by atoms with Crippen LogP contribution >= 0.6 is 0 Å². The van der Waals surface area contributed by atoms with Crippen LogP contribution in [-0.2, 0) is 9.63 Å². The van der Waals surface area contributed by atoms with Crippen LogP contribution in [0.4, 0.5) is 0 Å². The van der Waals surface area contributed by atoms with Gasteiger partial charge in [0, 0.05) is 0 Å². The number of hydrogen-bond donors (Lipinski definition) is 2. The summed E-state index contributed by atoms with van der Waals surface area (Å²) in [4.78, 5) is 15.2. The lowest BCUT2D eigenvalue weighted by molar-refractivity contribution is -0.151. The number of carbonyl (C=O) groups excluding carboxylic acids is 1. The Morgan fingerprint density at radius 3 is 2.67 bits per heavy atom. The van der Waals surface area contributed by atoms with E-state index in [-0.39, 0.29) is 0 Å². The lowest BCUT2D eigenvalue weighted by atomic mass is 9.91. The predicted octanol–water partition coefficient (Wildman–Crippen LogP) is 0.477. The molecule has 0 fully saturated rings. The largest absolute Gasteiger partial charge is 0.372 e. The molecule has 0 saturated heterocycles. The first-order valence-corrected chi connectivity index (χ1v) is 3.91. The van der Waals surface area contributed by atoms with E-state index >= 15 is 0 Å². The molecule has 70 valence electrons. The van der Waals surface area contributed by atoms with Crippen molar-refractivity contribution in [2.45, 2.75) is 31.7 Å². The molecule has 0 aliphatic rings. The third-order valence-electron chi connectivity index (χ3n) is 1.72. The van der Waals surface area contributed by atoms with Crippen LogP contribution in [0.25, 0.3) is 0 Å². The lowest BCUT2D eigenvalue weighted by Gasteiger charge is -2.23. The molecule has 0 radical (unpaired) electrons. The fourth-order valence-corrected chi connectivity index (χ4v) is 1.11. The maximum atomic E-state index is 11.1. The summed E-state index contributed by atoms with van der Waals surface area (Å²) in [7, 11) is 0. The van der Waals surface area contributed by atoms with E-state index in [0.717, 1.165) is 6.42 Å². The molecule has 12 heavy (non-hydrogen) atoms. The maximum absolute atomic E-state index is 11.1. The Kier molecular flexibility index (Phi) is 4.54. The second-order valence-corrected chi connectivity index (χ2v) is 2.80. The summed E-state index contributed by atoms with van der Waals surface area (Å²) in [6.07, 6.45) is 3.33. The summed E-state index contributed by atoms with van der Waals surface area (Å²) in [5.74, 6) is 4.18. The molecule has 0 aliphatic carbocycles. The Morgan fingerprint density at radius 1 is 1.75 bits per heavy atom. The molecular weight excluding hydrogens is 156 g/mol. The van der Waals surface area contributed by atoms with Crippen LogP contribution in [0.1, 0.15) is 26.2 Å². The normalized spacial score (nSPS) is 14.9. The SMILES string of the molecule is C=CCC(N)(CCC)C(=O)ON. The number of nitrogens with two attached hydrogens (primary N) is 2. The van der Waals surface area contributed by atoms with Gasteiger partial charge < -0.3 is 10.6 Å². The highest BCUT2D eigenvalue weighted by Crippen LogP contribution is 2.15. The van der Waals surface area contributed by atoms with Crippen molar-refractivity contribution < 1.29 is 9.63 Å². The summed E-state index contributed by atoms with van der Waals surface area (Å²) >= 11 is 0. The van der Waals surface area contributed by atoms with Crippen molar-refractivity contribution in [3.63, 3.8) is 0 Å². The summed E-state index contributed by atoms with van der Waals surface area (Å²) in [5, 5.41) is 0. The van der Waals surface area contributed by atoms with E-state index in [4.69, 9.17) is 11.6 Å². The number of carbonyl (C=O) groups is 1. The third-order valence-corrected chi connectivity index (χ3v) is 1.72. The average molecular weight is 172 g/mol. The summed E-state index contributed by atoms with van der Waals surface area (Å²) < 4.78 is 0. The summed E-state index contributed by atoms with van der Waals surface area (Å²) in [6.45, 7) is 5.46. The molecule has 0 rings (SSSR count). The van der Waals surface area contributed by atoms with Gasteiger partial charge in [-0.15, -0.1) is 6.58 Å². The zero-order chi connectivity index (χ0) is 9.61. The van der Waals surface area contributed by atoms with Crippen molar-refractivity contribution in [2.24, 2.45) is 11.6 Å². The van der Waals surface area contributed by atoms with Gasteiger partial charge in [0.05, 0.1) is 0 Å². The second-order valence-electron chi connectivity index (χ2n) is 2.80. The molecule has 1 unspecified atom stereocenters. The van der Waals surface area contributed by atoms with E-state index in [0.29, 0.717) is 12.8 Å². The minimum Gasteiger partial charge on any atom is -0.372 e. The maximum Gasteiger partial charge on any atom is 0.344 e. The highest BCUT2D eigenvalue weighted by molar-refractivity contribution is 5.80. The fraction of sp³-hybridized carbons (Fsp3) is 0.625. The van der Waals surface area contributed by atoms with Gasteiger partial charge in [-0.3, -0.25) is 0 Å². The van der Waals surface area contributed by atoms with Crippen LogP contribution in [0.3, 0.4) is 0 Å². The molecule has 1 atom stereocenters. The number of hydrogen-bond acceptors (Lipinski definition) is 4. The van der Waals surface area contributed by atoms with E-state index in [1.807, 2.05) is 6.92 Å². The van der Waals surface area contributed by atoms with E-state index < -0.39 is 11.5 Å². The molecule has 0 aromatic heterocycles. The first kappa shape index (κ1) is 11.1. The van der Waals surface area contributed by atoms with Gasteiger partial charge in [0.15, 0.2) is 0 Å². The van der Waals surface area contributed by atoms with E-state index in [9.17, 15) is 4.79 Å². The van der Waals surface area contributed by atoms with Crippen LogP contribution in [0, 0.1) is 0 Å². The van der Waals surface area contributed by atoms with Gasteiger partial charge in [-0.05, 0) is 12.8 Å². The van der Waals surface area contributed by atoms with E-state index in [1.165, 1.54) is 0 Å². The average Bonchev–Trinajstić information content (AvgIpc) is 2.04. The topological polar surface area (TPSA) is 78.3 Å². The van der Waals surface area contributed by atoms with E-state index in [1.54, 1.807) is 6.08 Å². The van der Waals surface area contributed by atoms with Crippen LogP contribution in [0.2, 0.25) is 0 Å². The first-order valence-electron chi connectivity index (χ1n) is 3.91. The summed E-state index contributed by atoms with van der Waals surface area (Å²) in [5.41, 5.74) is 4.75. The van der Waals surface area contributed by atoms with Gasteiger partial charge in [-0.2, -0.15) is 5.90 Å². The Hall–Kier alpha value is -0.870. The molecule has 0 spiro atoms. The van der Waals surface area contributed by atoms with Gasteiger partial charge in [0.25, 0.3) is 0 Å². The quantitative estimate of drug-likeness (QED) is 0.467. The Balaban J connectivity index is 4.36. The smallest absolute Gasteiger partial charge is 0.344 e. The van der Waals surface area contributed by atoms with Crippen molar-refractivity contribution in [2.75, 3.05) is 0 Å². The van der Waals surface area contributed by atoms with Gasteiger partial charge in [0.2, 0.25) is 0 Å². The van der Waals surface area contributed by atoms with Crippen molar-refractivity contribution in [3.05, 3.63) is 12.7 Å². The van der Waals surface area contributed by atoms with Crippen LogP contribution in [-0.4, -0.2) is 11.5 Å². The van der Waals surface area contributed by atoms with Crippen molar-refractivity contribution in [1.29, 1.82) is 0 Å². The minimum absolute atomic E-state index is 0.386. The molecular formula is C8H16N2O2. The van der Waals surface area contributed by atoms with Gasteiger partial charge in [-0.25, -0.2) is 4.79 Å². The Morgan fingerprint density at radius 2 is 2.33 bits per heavy atom. The molecule has 0 aromatic carbocycles. The molecule has 0 aromatic rings. The molecule has 4 N–H and O–H groups in total. The van der Waals surface area contributed by atoms with Gasteiger partial charge in [0.1, 0.15) is 5.54 Å². The van der Waals surface area contributed by atoms with Crippen LogP contribution in [0.15, 0.2) is 12.7 Å². The zero-order valence-electron chi connectivity index (χ0n) is 7.38. The molecule has 0 bridgehead atoms. The van der Waals surface area contributed by atoms with Crippen LogP contribution in [0.5, 0.6) is 0 Å². The van der Waals surface area contributed by atoms with Crippen molar-refractivity contribution >= 4 is 5.97 Å². The Bertz CT molecular complexity index is 170. The molecule has 0 heterocycles.